The lowest BCUT2D eigenvalue weighted by molar-refractivity contribution is -0.124. The van der Waals surface area contributed by atoms with Gasteiger partial charge in [0.05, 0.1) is 0 Å². The fourth-order valence-corrected chi connectivity index (χ4v) is 4.72. The van der Waals surface area contributed by atoms with Gasteiger partial charge in [-0.15, -0.1) is 0 Å². The SMILES string of the molecule is O=C(NCC1(Cc2ccccc2)CCC1)C1CC12CCNCC2. The van der Waals surface area contributed by atoms with Crippen LogP contribution in [0.15, 0.2) is 30.3 Å². The monoisotopic (exact) mass is 312 g/mol. The van der Waals surface area contributed by atoms with Crippen LogP contribution in [0.25, 0.3) is 0 Å². The molecule has 3 nitrogen and oxygen atoms in total. The fourth-order valence-electron chi connectivity index (χ4n) is 4.72. The molecule has 1 unspecified atom stereocenters. The molecule has 1 spiro atoms. The Morgan fingerprint density at radius 2 is 1.87 bits per heavy atom. The lowest BCUT2D eigenvalue weighted by atomic mass is 9.65. The van der Waals surface area contributed by atoms with Gasteiger partial charge in [0.1, 0.15) is 0 Å². The summed E-state index contributed by atoms with van der Waals surface area (Å²) in [4.78, 5) is 12.6. The molecule has 2 aliphatic carbocycles. The molecule has 1 amide bonds. The largest absolute Gasteiger partial charge is 0.355 e. The minimum Gasteiger partial charge on any atom is -0.355 e. The van der Waals surface area contributed by atoms with Gasteiger partial charge < -0.3 is 10.6 Å². The van der Waals surface area contributed by atoms with Crippen molar-refractivity contribution in [2.24, 2.45) is 16.7 Å². The summed E-state index contributed by atoms with van der Waals surface area (Å²) in [5.41, 5.74) is 2.07. The molecule has 3 heteroatoms. The molecule has 23 heavy (non-hydrogen) atoms. The van der Waals surface area contributed by atoms with E-state index in [9.17, 15) is 4.79 Å². The van der Waals surface area contributed by atoms with Crippen LogP contribution in [0.5, 0.6) is 0 Å². The average Bonchev–Trinajstić information content (AvgIpc) is 3.24. The molecule has 1 atom stereocenters. The first-order valence-corrected chi connectivity index (χ1v) is 9.24. The molecule has 0 bridgehead atoms. The number of hydrogen-bond acceptors (Lipinski definition) is 2. The highest BCUT2D eigenvalue weighted by Gasteiger charge is 2.57. The van der Waals surface area contributed by atoms with E-state index in [0.717, 1.165) is 32.5 Å². The smallest absolute Gasteiger partial charge is 0.223 e. The van der Waals surface area contributed by atoms with E-state index in [1.165, 1.54) is 37.7 Å². The molecule has 4 rings (SSSR count). The van der Waals surface area contributed by atoms with Crippen LogP contribution in [-0.4, -0.2) is 25.5 Å². The van der Waals surface area contributed by atoms with Crippen LogP contribution >= 0.6 is 0 Å². The van der Waals surface area contributed by atoms with E-state index in [-0.39, 0.29) is 0 Å². The maximum Gasteiger partial charge on any atom is 0.223 e. The molecule has 1 aromatic rings. The molecule has 3 aliphatic rings. The topological polar surface area (TPSA) is 41.1 Å². The number of benzene rings is 1. The van der Waals surface area contributed by atoms with Gasteiger partial charge in [-0.1, -0.05) is 36.8 Å². The molecule has 3 fully saturated rings. The predicted molar refractivity (Wildman–Crippen MR) is 92.1 cm³/mol. The van der Waals surface area contributed by atoms with Crippen molar-refractivity contribution >= 4 is 5.91 Å². The predicted octanol–water partition coefficient (Wildman–Crippen LogP) is 2.91. The van der Waals surface area contributed by atoms with Gasteiger partial charge in [-0.3, -0.25) is 4.79 Å². The molecule has 0 radical (unpaired) electrons. The number of carbonyl (C=O) groups is 1. The van der Waals surface area contributed by atoms with E-state index in [2.05, 4.69) is 41.0 Å². The fraction of sp³-hybridized carbons (Fsp3) is 0.650. The molecule has 1 aliphatic heterocycles. The van der Waals surface area contributed by atoms with Crippen LogP contribution in [0.4, 0.5) is 0 Å². The second-order valence-electron chi connectivity index (χ2n) is 8.10. The Morgan fingerprint density at radius 3 is 2.52 bits per heavy atom. The van der Waals surface area contributed by atoms with E-state index in [4.69, 9.17) is 0 Å². The van der Waals surface area contributed by atoms with Crippen LogP contribution in [0.3, 0.4) is 0 Å². The zero-order chi connectivity index (χ0) is 15.8. The molecule has 2 saturated carbocycles. The van der Waals surface area contributed by atoms with Crippen LogP contribution < -0.4 is 10.6 Å². The summed E-state index contributed by atoms with van der Waals surface area (Å²) in [7, 11) is 0. The highest BCUT2D eigenvalue weighted by molar-refractivity contribution is 5.82. The third-order valence-corrected chi connectivity index (χ3v) is 6.58. The maximum atomic E-state index is 12.6. The Bertz CT molecular complexity index is 558. The normalized spacial score (nSPS) is 27.2. The van der Waals surface area contributed by atoms with E-state index >= 15 is 0 Å². The van der Waals surface area contributed by atoms with E-state index in [0.29, 0.717) is 22.7 Å². The van der Waals surface area contributed by atoms with Gasteiger partial charge in [-0.05, 0) is 68.0 Å². The molecule has 1 aromatic carbocycles. The number of rotatable bonds is 5. The van der Waals surface area contributed by atoms with Crippen molar-refractivity contribution < 1.29 is 4.79 Å². The van der Waals surface area contributed by atoms with Crippen molar-refractivity contribution in [2.75, 3.05) is 19.6 Å². The third kappa shape index (κ3) is 3.03. The zero-order valence-corrected chi connectivity index (χ0v) is 13.9. The van der Waals surface area contributed by atoms with Gasteiger partial charge in [-0.25, -0.2) is 0 Å². The van der Waals surface area contributed by atoms with Crippen molar-refractivity contribution in [3.63, 3.8) is 0 Å². The second kappa shape index (κ2) is 5.94. The quantitative estimate of drug-likeness (QED) is 0.878. The first-order valence-electron chi connectivity index (χ1n) is 9.24. The molecule has 2 N–H and O–H groups in total. The molecule has 1 saturated heterocycles. The maximum absolute atomic E-state index is 12.6. The minimum atomic E-state index is 0.290. The van der Waals surface area contributed by atoms with Crippen molar-refractivity contribution in [2.45, 2.75) is 44.9 Å². The van der Waals surface area contributed by atoms with Crippen LogP contribution in [0, 0.1) is 16.7 Å². The Labute approximate surface area is 139 Å². The summed E-state index contributed by atoms with van der Waals surface area (Å²) in [5.74, 6) is 0.615. The highest BCUT2D eigenvalue weighted by Crippen LogP contribution is 2.58. The third-order valence-electron chi connectivity index (χ3n) is 6.58. The molecule has 0 aromatic heterocycles. The van der Waals surface area contributed by atoms with Gasteiger partial charge in [0.25, 0.3) is 0 Å². The van der Waals surface area contributed by atoms with Crippen LogP contribution in [-0.2, 0) is 11.2 Å². The Hall–Kier alpha value is -1.35. The van der Waals surface area contributed by atoms with Gasteiger partial charge in [-0.2, -0.15) is 0 Å². The zero-order valence-electron chi connectivity index (χ0n) is 13.9. The van der Waals surface area contributed by atoms with Gasteiger partial charge in [0.2, 0.25) is 5.91 Å². The van der Waals surface area contributed by atoms with Gasteiger partial charge >= 0.3 is 0 Å². The standard InChI is InChI=1S/C20H28N2O/c23-18(17-14-20(17)9-11-21-12-10-20)22-15-19(7-4-8-19)13-16-5-2-1-3-6-16/h1-3,5-6,17,21H,4,7-15H2,(H,22,23). The molecule has 1 heterocycles. The Kier molecular flexibility index (Phi) is 3.92. The summed E-state index contributed by atoms with van der Waals surface area (Å²) in [6, 6.07) is 10.7. The number of carbonyl (C=O) groups excluding carboxylic acids is 1. The summed E-state index contributed by atoms with van der Waals surface area (Å²) >= 11 is 0. The number of amides is 1. The van der Waals surface area contributed by atoms with Crippen LogP contribution in [0.1, 0.15) is 44.1 Å². The van der Waals surface area contributed by atoms with Gasteiger partial charge in [0.15, 0.2) is 0 Å². The molecule has 124 valence electrons. The number of hydrogen-bond donors (Lipinski definition) is 2. The summed E-state index contributed by atoms with van der Waals surface area (Å²) < 4.78 is 0. The van der Waals surface area contributed by atoms with E-state index in [1.807, 2.05) is 0 Å². The van der Waals surface area contributed by atoms with Crippen molar-refractivity contribution in [1.29, 1.82) is 0 Å². The second-order valence-corrected chi connectivity index (χ2v) is 8.10. The highest BCUT2D eigenvalue weighted by atomic mass is 16.2. The average molecular weight is 312 g/mol. The van der Waals surface area contributed by atoms with E-state index < -0.39 is 0 Å². The molecular formula is C20H28N2O. The Morgan fingerprint density at radius 1 is 1.13 bits per heavy atom. The Balaban J connectivity index is 1.32. The summed E-state index contributed by atoms with van der Waals surface area (Å²) in [5, 5.41) is 6.73. The van der Waals surface area contributed by atoms with Crippen molar-refractivity contribution in [1.82, 2.24) is 10.6 Å². The van der Waals surface area contributed by atoms with Crippen molar-refractivity contribution in [3.05, 3.63) is 35.9 Å². The lowest BCUT2D eigenvalue weighted by Crippen LogP contribution is -2.44. The van der Waals surface area contributed by atoms with Crippen LogP contribution in [0.2, 0.25) is 0 Å². The minimum absolute atomic E-state index is 0.290. The first-order chi connectivity index (χ1) is 11.2. The van der Waals surface area contributed by atoms with Gasteiger partial charge in [0, 0.05) is 12.5 Å². The number of nitrogens with one attached hydrogen (secondary N) is 2. The first kappa shape index (κ1) is 15.2. The molecular weight excluding hydrogens is 284 g/mol. The lowest BCUT2D eigenvalue weighted by Gasteiger charge is -2.42. The van der Waals surface area contributed by atoms with E-state index in [1.54, 1.807) is 0 Å². The summed E-state index contributed by atoms with van der Waals surface area (Å²) in [6.45, 7) is 3.04. The number of piperidine rings is 1. The summed E-state index contributed by atoms with van der Waals surface area (Å²) in [6.07, 6.45) is 8.39. The van der Waals surface area contributed by atoms with Crippen molar-refractivity contribution in [3.8, 4) is 0 Å².